The first-order valence-corrected chi connectivity index (χ1v) is 9.31. The Kier molecular flexibility index (Phi) is 5.88. The average molecular weight is 445 g/mol. The Labute approximate surface area is 164 Å². The van der Waals surface area contributed by atoms with Crippen LogP contribution in [-0.2, 0) is 13.0 Å². The molecule has 1 heterocycles. The van der Waals surface area contributed by atoms with Gasteiger partial charge in [0.05, 0.1) is 6.33 Å². The zero-order valence-corrected chi connectivity index (χ0v) is 16.4. The zero-order chi connectivity index (χ0) is 17.1. The minimum atomic E-state index is 0.170. The molecule has 0 saturated heterocycles. The molecule has 0 aliphatic carbocycles. The Morgan fingerprint density at radius 1 is 1.08 bits per heavy atom. The summed E-state index contributed by atoms with van der Waals surface area (Å²) in [5.74, 6) is 0.170. The first-order valence-electron chi connectivity index (χ1n) is 7.38. The average Bonchev–Trinajstić information content (AvgIpc) is 3.03. The zero-order valence-electron chi connectivity index (χ0n) is 12.6. The standard InChI is InChI=1S/C18H14BrCl3N2/c19-16-9-13(20)4-5-14(16)12(10-24-7-6-23-11-24)8-15-17(21)2-1-3-18(15)22/h1-7,9,11-12H,8,10H2. The van der Waals surface area contributed by atoms with Crippen molar-refractivity contribution < 1.29 is 0 Å². The van der Waals surface area contributed by atoms with E-state index >= 15 is 0 Å². The largest absolute Gasteiger partial charge is 0.337 e. The number of benzene rings is 2. The lowest BCUT2D eigenvalue weighted by molar-refractivity contribution is 0.554. The molecule has 24 heavy (non-hydrogen) atoms. The first kappa shape index (κ1) is 17.8. The van der Waals surface area contributed by atoms with E-state index < -0.39 is 0 Å². The van der Waals surface area contributed by atoms with Gasteiger partial charge < -0.3 is 4.57 Å². The minimum absolute atomic E-state index is 0.170. The van der Waals surface area contributed by atoms with Crippen LogP contribution in [0.3, 0.4) is 0 Å². The molecular formula is C18H14BrCl3N2. The van der Waals surface area contributed by atoms with Gasteiger partial charge in [-0.1, -0.05) is 62.9 Å². The fourth-order valence-electron chi connectivity index (χ4n) is 2.73. The number of hydrogen-bond donors (Lipinski definition) is 0. The van der Waals surface area contributed by atoms with E-state index in [2.05, 4.69) is 25.5 Å². The van der Waals surface area contributed by atoms with E-state index in [-0.39, 0.29) is 5.92 Å². The highest BCUT2D eigenvalue weighted by Crippen LogP contribution is 2.35. The second-order valence-corrected chi connectivity index (χ2v) is 7.63. The van der Waals surface area contributed by atoms with Gasteiger partial charge in [0.15, 0.2) is 0 Å². The fraction of sp³-hybridized carbons (Fsp3) is 0.167. The summed E-state index contributed by atoms with van der Waals surface area (Å²) in [6.07, 6.45) is 6.25. The Morgan fingerprint density at radius 2 is 1.83 bits per heavy atom. The lowest BCUT2D eigenvalue weighted by Gasteiger charge is -2.21. The SMILES string of the molecule is Clc1ccc(C(Cc2c(Cl)cccc2Cl)Cn2ccnc2)c(Br)c1. The van der Waals surface area contributed by atoms with Gasteiger partial charge in [-0.3, -0.25) is 0 Å². The number of halogens is 4. The normalized spacial score (nSPS) is 12.3. The summed E-state index contributed by atoms with van der Waals surface area (Å²) in [4.78, 5) is 4.13. The molecule has 1 atom stereocenters. The van der Waals surface area contributed by atoms with Crippen molar-refractivity contribution in [2.24, 2.45) is 0 Å². The molecule has 0 fully saturated rings. The van der Waals surface area contributed by atoms with Crippen molar-refractivity contribution in [1.29, 1.82) is 0 Å². The minimum Gasteiger partial charge on any atom is -0.337 e. The van der Waals surface area contributed by atoms with E-state index in [4.69, 9.17) is 34.8 Å². The molecule has 2 nitrogen and oxygen atoms in total. The molecule has 0 N–H and O–H groups in total. The third kappa shape index (κ3) is 4.15. The van der Waals surface area contributed by atoms with E-state index in [0.29, 0.717) is 15.1 Å². The van der Waals surface area contributed by atoms with Gasteiger partial charge in [0.1, 0.15) is 0 Å². The van der Waals surface area contributed by atoms with E-state index in [0.717, 1.165) is 28.6 Å². The molecular weight excluding hydrogens is 430 g/mol. The lowest BCUT2D eigenvalue weighted by Crippen LogP contribution is -2.12. The Bertz CT molecular complexity index is 814. The topological polar surface area (TPSA) is 17.8 Å². The molecule has 0 aliphatic rings. The van der Waals surface area contributed by atoms with Crippen molar-refractivity contribution in [2.75, 3.05) is 0 Å². The summed E-state index contributed by atoms with van der Waals surface area (Å²) >= 11 is 22.5. The van der Waals surface area contributed by atoms with Gasteiger partial charge in [-0.25, -0.2) is 4.98 Å². The van der Waals surface area contributed by atoms with Crippen molar-refractivity contribution in [3.63, 3.8) is 0 Å². The molecule has 2 aromatic carbocycles. The number of hydrogen-bond acceptors (Lipinski definition) is 1. The van der Waals surface area contributed by atoms with E-state index in [1.807, 2.05) is 48.9 Å². The van der Waals surface area contributed by atoms with Crippen molar-refractivity contribution in [2.45, 2.75) is 18.9 Å². The van der Waals surface area contributed by atoms with Crippen molar-refractivity contribution in [1.82, 2.24) is 9.55 Å². The van der Waals surface area contributed by atoms with Crippen LogP contribution in [0.2, 0.25) is 15.1 Å². The van der Waals surface area contributed by atoms with Crippen LogP contribution in [-0.4, -0.2) is 9.55 Å². The third-order valence-electron chi connectivity index (χ3n) is 3.90. The van der Waals surface area contributed by atoms with Crippen LogP contribution in [0.5, 0.6) is 0 Å². The molecule has 0 saturated carbocycles. The molecule has 0 aliphatic heterocycles. The summed E-state index contributed by atoms with van der Waals surface area (Å²) in [6, 6.07) is 11.4. The van der Waals surface area contributed by atoms with Crippen LogP contribution in [0.1, 0.15) is 17.0 Å². The summed E-state index contributed by atoms with van der Waals surface area (Å²) < 4.78 is 3.03. The lowest BCUT2D eigenvalue weighted by atomic mass is 9.91. The molecule has 124 valence electrons. The van der Waals surface area contributed by atoms with Gasteiger partial charge in [0.25, 0.3) is 0 Å². The van der Waals surface area contributed by atoms with Crippen LogP contribution < -0.4 is 0 Å². The molecule has 3 rings (SSSR count). The Morgan fingerprint density at radius 3 is 2.46 bits per heavy atom. The highest BCUT2D eigenvalue weighted by atomic mass is 79.9. The van der Waals surface area contributed by atoms with E-state index in [1.54, 1.807) is 6.20 Å². The van der Waals surface area contributed by atoms with Gasteiger partial charge in [-0.15, -0.1) is 0 Å². The highest BCUT2D eigenvalue weighted by Gasteiger charge is 2.19. The van der Waals surface area contributed by atoms with Gasteiger partial charge in [-0.05, 0) is 41.8 Å². The Balaban J connectivity index is 1.98. The Hall–Kier alpha value is -1.00. The predicted molar refractivity (Wildman–Crippen MR) is 104 cm³/mol. The maximum atomic E-state index is 6.37. The quantitative estimate of drug-likeness (QED) is 0.432. The van der Waals surface area contributed by atoms with Crippen LogP contribution in [0, 0.1) is 0 Å². The molecule has 1 aromatic heterocycles. The molecule has 0 spiro atoms. The number of aromatic nitrogens is 2. The number of imidazole rings is 1. The van der Waals surface area contributed by atoms with Crippen molar-refractivity contribution in [3.05, 3.63) is 85.8 Å². The van der Waals surface area contributed by atoms with E-state index in [1.165, 1.54) is 0 Å². The van der Waals surface area contributed by atoms with Crippen molar-refractivity contribution >= 4 is 50.7 Å². The number of rotatable bonds is 5. The summed E-state index contributed by atoms with van der Waals surface area (Å²) in [6.45, 7) is 0.766. The molecule has 0 amide bonds. The van der Waals surface area contributed by atoms with Crippen molar-refractivity contribution in [3.8, 4) is 0 Å². The summed E-state index contributed by atoms with van der Waals surface area (Å²) in [5, 5.41) is 2.06. The predicted octanol–water partition coefficient (Wildman–Crippen LogP) is 6.63. The monoisotopic (exact) mass is 442 g/mol. The maximum Gasteiger partial charge on any atom is 0.0946 e. The maximum absolute atomic E-state index is 6.37. The summed E-state index contributed by atoms with van der Waals surface area (Å²) in [7, 11) is 0. The van der Waals surface area contributed by atoms with Crippen LogP contribution >= 0.6 is 50.7 Å². The fourth-order valence-corrected chi connectivity index (χ4v) is 4.29. The van der Waals surface area contributed by atoms with Crippen LogP contribution in [0.15, 0.2) is 59.6 Å². The second-order valence-electron chi connectivity index (χ2n) is 5.53. The summed E-state index contributed by atoms with van der Waals surface area (Å²) in [5.41, 5.74) is 2.11. The van der Waals surface area contributed by atoms with Crippen LogP contribution in [0.4, 0.5) is 0 Å². The molecule has 0 bridgehead atoms. The van der Waals surface area contributed by atoms with Gasteiger partial charge in [0.2, 0.25) is 0 Å². The smallest absolute Gasteiger partial charge is 0.0946 e. The van der Waals surface area contributed by atoms with Gasteiger partial charge in [0, 0.05) is 44.4 Å². The van der Waals surface area contributed by atoms with Crippen LogP contribution in [0.25, 0.3) is 0 Å². The molecule has 1 unspecified atom stereocenters. The molecule has 3 aromatic rings. The first-order chi connectivity index (χ1) is 11.5. The highest BCUT2D eigenvalue weighted by molar-refractivity contribution is 9.10. The van der Waals surface area contributed by atoms with Gasteiger partial charge >= 0.3 is 0 Å². The second kappa shape index (κ2) is 7.92. The van der Waals surface area contributed by atoms with Gasteiger partial charge in [-0.2, -0.15) is 0 Å². The van der Waals surface area contributed by atoms with E-state index in [9.17, 15) is 0 Å². The molecule has 0 radical (unpaired) electrons. The third-order valence-corrected chi connectivity index (χ3v) is 5.54. The number of nitrogens with zero attached hydrogens (tertiary/aromatic N) is 2. The molecule has 6 heteroatoms.